The summed E-state index contributed by atoms with van der Waals surface area (Å²) in [5.74, 6) is 0.147. The lowest BCUT2D eigenvalue weighted by Crippen LogP contribution is -2.53. The molecule has 1 aliphatic rings. The van der Waals surface area contributed by atoms with Crippen molar-refractivity contribution in [2.45, 2.75) is 45.2 Å². The number of nitrogens with zero attached hydrogens (tertiary/aromatic N) is 1. The third-order valence-corrected chi connectivity index (χ3v) is 5.82. The molecule has 3 rings (SSSR count). The van der Waals surface area contributed by atoms with Gasteiger partial charge in [0.25, 0.3) is 0 Å². The SMILES string of the molecule is CC(C)(CNC(=O)CCc1cccs1)N1CCc2ccccc2C1. The van der Waals surface area contributed by atoms with Crippen LogP contribution in [0, 0.1) is 0 Å². The van der Waals surface area contributed by atoms with E-state index < -0.39 is 0 Å². The Balaban J connectivity index is 1.50. The topological polar surface area (TPSA) is 32.3 Å². The summed E-state index contributed by atoms with van der Waals surface area (Å²) in [6, 6.07) is 12.8. The van der Waals surface area contributed by atoms with E-state index in [2.05, 4.69) is 59.8 Å². The first-order chi connectivity index (χ1) is 11.5. The Labute approximate surface area is 148 Å². The summed E-state index contributed by atoms with van der Waals surface area (Å²) in [5.41, 5.74) is 2.84. The Morgan fingerprint density at radius 1 is 1.21 bits per heavy atom. The molecule has 1 N–H and O–H groups in total. The number of amides is 1. The molecule has 0 saturated carbocycles. The first-order valence-electron chi connectivity index (χ1n) is 8.65. The zero-order valence-corrected chi connectivity index (χ0v) is 15.4. The summed E-state index contributed by atoms with van der Waals surface area (Å²) in [4.78, 5) is 15.9. The first kappa shape index (κ1) is 17.2. The standard InChI is InChI=1S/C20H26N2OS/c1-20(2,15-21-19(23)10-9-18-8-5-13-24-18)22-12-11-16-6-3-4-7-17(16)14-22/h3-8,13H,9-12,14-15H2,1-2H3,(H,21,23). The highest BCUT2D eigenvalue weighted by molar-refractivity contribution is 7.09. The normalized spacial score (nSPS) is 15.1. The third kappa shape index (κ3) is 4.25. The van der Waals surface area contributed by atoms with Gasteiger partial charge >= 0.3 is 0 Å². The molecule has 2 heterocycles. The molecule has 0 radical (unpaired) electrons. The quantitative estimate of drug-likeness (QED) is 0.869. The van der Waals surface area contributed by atoms with Crippen LogP contribution in [0.5, 0.6) is 0 Å². The number of thiophene rings is 1. The summed E-state index contributed by atoms with van der Waals surface area (Å²) >= 11 is 1.72. The highest BCUT2D eigenvalue weighted by Gasteiger charge is 2.29. The summed E-state index contributed by atoms with van der Waals surface area (Å²) in [6.07, 6.45) is 2.49. The van der Waals surface area contributed by atoms with Gasteiger partial charge in [-0.15, -0.1) is 11.3 Å². The number of rotatable bonds is 6. The molecule has 0 spiro atoms. The second-order valence-electron chi connectivity index (χ2n) is 7.11. The van der Waals surface area contributed by atoms with Crippen molar-refractivity contribution in [3.8, 4) is 0 Å². The van der Waals surface area contributed by atoms with Gasteiger partial charge in [0, 0.05) is 36.5 Å². The zero-order chi connectivity index (χ0) is 17.0. The van der Waals surface area contributed by atoms with E-state index in [1.165, 1.54) is 16.0 Å². The molecule has 0 bridgehead atoms. The maximum absolute atomic E-state index is 12.1. The molecule has 24 heavy (non-hydrogen) atoms. The molecule has 2 aromatic rings. The van der Waals surface area contributed by atoms with Gasteiger partial charge in [0.05, 0.1) is 0 Å². The fourth-order valence-electron chi connectivity index (χ4n) is 3.22. The van der Waals surface area contributed by atoms with Crippen molar-refractivity contribution in [2.75, 3.05) is 13.1 Å². The van der Waals surface area contributed by atoms with Gasteiger partial charge < -0.3 is 5.32 Å². The number of aryl methyl sites for hydroxylation is 1. The Bertz CT molecular complexity index is 679. The molecule has 1 aromatic carbocycles. The molecular formula is C20H26N2OS. The molecule has 0 aliphatic carbocycles. The molecule has 128 valence electrons. The predicted octanol–water partition coefficient (Wildman–Crippen LogP) is 3.63. The minimum atomic E-state index is -0.0356. The second-order valence-corrected chi connectivity index (χ2v) is 8.14. The molecule has 0 fully saturated rings. The molecule has 0 atom stereocenters. The lowest BCUT2D eigenvalue weighted by Gasteiger charge is -2.41. The summed E-state index contributed by atoms with van der Waals surface area (Å²) < 4.78 is 0. The van der Waals surface area contributed by atoms with Crippen LogP contribution in [0.3, 0.4) is 0 Å². The lowest BCUT2D eigenvalue weighted by molar-refractivity contribution is -0.121. The molecule has 1 aliphatic heterocycles. The van der Waals surface area contributed by atoms with E-state index in [9.17, 15) is 4.79 Å². The van der Waals surface area contributed by atoms with Crippen LogP contribution in [-0.2, 0) is 24.2 Å². The molecule has 3 nitrogen and oxygen atoms in total. The van der Waals surface area contributed by atoms with Crippen LogP contribution in [0.4, 0.5) is 0 Å². The van der Waals surface area contributed by atoms with Crippen molar-refractivity contribution in [1.29, 1.82) is 0 Å². The molecule has 4 heteroatoms. The van der Waals surface area contributed by atoms with E-state index >= 15 is 0 Å². The number of carbonyl (C=O) groups is 1. The van der Waals surface area contributed by atoms with Crippen LogP contribution in [0.2, 0.25) is 0 Å². The lowest BCUT2D eigenvalue weighted by atomic mass is 9.94. The average molecular weight is 343 g/mol. The maximum Gasteiger partial charge on any atom is 0.220 e. The van der Waals surface area contributed by atoms with Crippen LogP contribution in [-0.4, -0.2) is 29.4 Å². The predicted molar refractivity (Wildman–Crippen MR) is 100 cm³/mol. The Kier molecular flexibility index (Phi) is 5.36. The highest BCUT2D eigenvalue weighted by Crippen LogP contribution is 2.25. The number of benzene rings is 1. The van der Waals surface area contributed by atoms with E-state index in [1.54, 1.807) is 11.3 Å². The minimum Gasteiger partial charge on any atom is -0.354 e. The van der Waals surface area contributed by atoms with Crippen molar-refractivity contribution in [2.24, 2.45) is 0 Å². The van der Waals surface area contributed by atoms with Gasteiger partial charge in [-0.1, -0.05) is 30.3 Å². The molecule has 0 saturated heterocycles. The average Bonchev–Trinajstić information content (AvgIpc) is 3.11. The van der Waals surface area contributed by atoms with Crippen LogP contribution < -0.4 is 5.32 Å². The monoisotopic (exact) mass is 342 g/mol. The minimum absolute atomic E-state index is 0.0356. The zero-order valence-electron chi connectivity index (χ0n) is 14.5. The van der Waals surface area contributed by atoms with E-state index in [0.29, 0.717) is 13.0 Å². The summed E-state index contributed by atoms with van der Waals surface area (Å²) in [6.45, 7) is 7.16. The van der Waals surface area contributed by atoms with Crippen molar-refractivity contribution < 1.29 is 4.79 Å². The number of carbonyl (C=O) groups excluding carboxylic acids is 1. The van der Waals surface area contributed by atoms with E-state index in [0.717, 1.165) is 25.9 Å². The third-order valence-electron chi connectivity index (χ3n) is 4.88. The summed E-state index contributed by atoms with van der Waals surface area (Å²) in [7, 11) is 0. The van der Waals surface area contributed by atoms with Gasteiger partial charge in [0.1, 0.15) is 0 Å². The Hall–Kier alpha value is -1.65. The van der Waals surface area contributed by atoms with Crippen molar-refractivity contribution in [1.82, 2.24) is 10.2 Å². The molecule has 0 unspecified atom stereocenters. The van der Waals surface area contributed by atoms with Crippen LogP contribution in [0.1, 0.15) is 36.3 Å². The number of nitrogens with one attached hydrogen (secondary N) is 1. The van der Waals surface area contributed by atoms with Gasteiger partial charge in [0.15, 0.2) is 0 Å². The van der Waals surface area contributed by atoms with Crippen LogP contribution >= 0.6 is 11.3 Å². The Morgan fingerprint density at radius 2 is 2.00 bits per heavy atom. The number of fused-ring (bicyclic) bond motifs is 1. The van der Waals surface area contributed by atoms with Crippen LogP contribution in [0.15, 0.2) is 41.8 Å². The van der Waals surface area contributed by atoms with Crippen molar-refractivity contribution in [3.63, 3.8) is 0 Å². The first-order valence-corrected chi connectivity index (χ1v) is 9.53. The van der Waals surface area contributed by atoms with Crippen molar-refractivity contribution in [3.05, 3.63) is 57.8 Å². The van der Waals surface area contributed by atoms with Gasteiger partial charge in [-0.2, -0.15) is 0 Å². The maximum atomic E-state index is 12.1. The number of hydrogen-bond donors (Lipinski definition) is 1. The van der Waals surface area contributed by atoms with Gasteiger partial charge in [0.2, 0.25) is 5.91 Å². The van der Waals surface area contributed by atoms with Gasteiger partial charge in [-0.25, -0.2) is 0 Å². The second kappa shape index (κ2) is 7.49. The number of hydrogen-bond acceptors (Lipinski definition) is 3. The van der Waals surface area contributed by atoms with E-state index in [1.807, 2.05) is 6.07 Å². The largest absolute Gasteiger partial charge is 0.354 e. The fourth-order valence-corrected chi connectivity index (χ4v) is 3.93. The fraction of sp³-hybridized carbons (Fsp3) is 0.450. The summed E-state index contributed by atoms with van der Waals surface area (Å²) in [5, 5.41) is 5.19. The van der Waals surface area contributed by atoms with Gasteiger partial charge in [-0.3, -0.25) is 9.69 Å². The highest BCUT2D eigenvalue weighted by atomic mass is 32.1. The van der Waals surface area contributed by atoms with Crippen molar-refractivity contribution >= 4 is 17.2 Å². The Morgan fingerprint density at radius 3 is 2.75 bits per heavy atom. The molecular weight excluding hydrogens is 316 g/mol. The molecule has 1 aromatic heterocycles. The van der Waals surface area contributed by atoms with Crippen LogP contribution in [0.25, 0.3) is 0 Å². The van der Waals surface area contributed by atoms with E-state index in [4.69, 9.17) is 0 Å². The van der Waals surface area contributed by atoms with Gasteiger partial charge in [-0.05, 0) is 49.3 Å². The van der Waals surface area contributed by atoms with E-state index in [-0.39, 0.29) is 11.4 Å². The molecule has 1 amide bonds. The smallest absolute Gasteiger partial charge is 0.220 e.